The van der Waals surface area contributed by atoms with Gasteiger partial charge in [0.05, 0.1) is 10.9 Å². The molecule has 0 spiro atoms. The Hall–Kier alpha value is -1.66. The van der Waals surface area contributed by atoms with E-state index in [2.05, 4.69) is 5.32 Å². The molecule has 0 aliphatic carbocycles. The minimum Gasteiger partial charge on any atom is -0.350 e. The average molecular weight is 337 g/mol. The largest absolute Gasteiger partial charge is 0.350 e. The number of sulfone groups is 1. The molecule has 1 aromatic carbocycles. The lowest BCUT2D eigenvalue weighted by atomic mass is 10.1. The molecule has 0 aliphatic rings. The second kappa shape index (κ2) is 7.07. The molecule has 1 unspecified atom stereocenters. The van der Waals surface area contributed by atoms with Crippen molar-refractivity contribution in [2.75, 3.05) is 6.26 Å². The van der Waals surface area contributed by atoms with Crippen LogP contribution in [0.25, 0.3) is 0 Å². The number of thiophene rings is 1. The quantitative estimate of drug-likeness (QED) is 0.881. The van der Waals surface area contributed by atoms with Gasteiger partial charge in [-0.1, -0.05) is 12.1 Å². The third-order valence-corrected chi connectivity index (χ3v) is 5.27. The molecule has 1 atom stereocenters. The fourth-order valence-electron chi connectivity index (χ4n) is 2.09. The van der Waals surface area contributed by atoms with Gasteiger partial charge in [0.15, 0.2) is 9.84 Å². The number of benzene rings is 1. The van der Waals surface area contributed by atoms with E-state index in [1.165, 1.54) is 11.8 Å². The highest BCUT2D eigenvalue weighted by atomic mass is 32.2. The Kier molecular flexibility index (Phi) is 5.37. The van der Waals surface area contributed by atoms with E-state index in [4.69, 9.17) is 0 Å². The zero-order valence-corrected chi connectivity index (χ0v) is 14.2. The summed E-state index contributed by atoms with van der Waals surface area (Å²) in [7, 11) is -3.19. The predicted octanol–water partition coefficient (Wildman–Crippen LogP) is 2.96. The molecule has 0 bridgehead atoms. The summed E-state index contributed by atoms with van der Waals surface area (Å²) >= 11 is 1.62. The van der Waals surface area contributed by atoms with E-state index >= 15 is 0 Å². The van der Waals surface area contributed by atoms with Crippen molar-refractivity contribution in [2.24, 2.45) is 0 Å². The van der Waals surface area contributed by atoms with E-state index in [9.17, 15) is 13.2 Å². The van der Waals surface area contributed by atoms with Gasteiger partial charge in [-0.25, -0.2) is 8.42 Å². The van der Waals surface area contributed by atoms with Crippen molar-refractivity contribution in [1.29, 1.82) is 0 Å². The summed E-state index contributed by atoms with van der Waals surface area (Å²) in [5.41, 5.74) is 2.06. The lowest BCUT2D eigenvalue weighted by Gasteiger charge is -2.14. The fourth-order valence-corrected chi connectivity index (χ4v) is 3.43. The molecule has 0 radical (unpaired) electrons. The van der Waals surface area contributed by atoms with Crippen molar-refractivity contribution in [3.8, 4) is 0 Å². The summed E-state index contributed by atoms with van der Waals surface area (Å²) in [5.74, 6) is -0.00844. The number of rotatable bonds is 6. The minimum absolute atomic E-state index is 0.00844. The standard InChI is InChI=1S/C16H19NO3S2/c1-12(14-4-6-15(7-5-14)22(2,19)20)17-16(18)8-3-13-9-10-21-11-13/h4-7,9-12H,3,8H2,1-2H3,(H,17,18). The Labute approximate surface area is 135 Å². The minimum atomic E-state index is -3.19. The van der Waals surface area contributed by atoms with Crippen molar-refractivity contribution >= 4 is 27.1 Å². The van der Waals surface area contributed by atoms with Crippen LogP contribution in [0.5, 0.6) is 0 Å². The van der Waals surface area contributed by atoms with Crippen LogP contribution in [0.4, 0.5) is 0 Å². The Morgan fingerprint density at radius 1 is 1.23 bits per heavy atom. The first-order valence-corrected chi connectivity index (χ1v) is 9.80. The molecule has 2 aromatic rings. The van der Waals surface area contributed by atoms with E-state index in [0.717, 1.165) is 12.0 Å². The van der Waals surface area contributed by atoms with Gasteiger partial charge in [-0.2, -0.15) is 11.3 Å². The summed E-state index contributed by atoms with van der Waals surface area (Å²) in [5, 5.41) is 6.97. The first-order valence-electron chi connectivity index (χ1n) is 6.97. The second-order valence-corrected chi connectivity index (χ2v) is 8.06. The molecule has 4 nitrogen and oxygen atoms in total. The number of carbonyl (C=O) groups is 1. The highest BCUT2D eigenvalue weighted by Crippen LogP contribution is 2.16. The van der Waals surface area contributed by atoms with Crippen LogP contribution in [-0.4, -0.2) is 20.6 Å². The van der Waals surface area contributed by atoms with E-state index in [-0.39, 0.29) is 16.8 Å². The molecule has 0 saturated carbocycles. The third kappa shape index (κ3) is 4.68. The number of amides is 1. The highest BCUT2D eigenvalue weighted by molar-refractivity contribution is 7.90. The van der Waals surface area contributed by atoms with E-state index in [1.54, 1.807) is 35.6 Å². The molecule has 6 heteroatoms. The van der Waals surface area contributed by atoms with Gasteiger partial charge >= 0.3 is 0 Å². The molecule has 22 heavy (non-hydrogen) atoms. The van der Waals surface area contributed by atoms with Gasteiger partial charge in [-0.15, -0.1) is 0 Å². The van der Waals surface area contributed by atoms with Crippen molar-refractivity contribution in [2.45, 2.75) is 30.7 Å². The molecule has 0 fully saturated rings. The first-order chi connectivity index (χ1) is 10.4. The van der Waals surface area contributed by atoms with E-state index in [0.29, 0.717) is 6.42 Å². The number of aryl methyl sites for hydroxylation is 1. The molecule has 1 heterocycles. The van der Waals surface area contributed by atoms with Crippen LogP contribution in [0.2, 0.25) is 0 Å². The monoisotopic (exact) mass is 337 g/mol. The predicted molar refractivity (Wildman–Crippen MR) is 88.7 cm³/mol. The third-order valence-electron chi connectivity index (χ3n) is 3.41. The fraction of sp³-hybridized carbons (Fsp3) is 0.312. The zero-order chi connectivity index (χ0) is 16.2. The summed E-state index contributed by atoms with van der Waals surface area (Å²) in [6.07, 6.45) is 2.36. The average Bonchev–Trinajstić information content (AvgIpc) is 2.97. The van der Waals surface area contributed by atoms with Crippen LogP contribution in [0.1, 0.15) is 30.5 Å². The normalized spacial score (nSPS) is 12.8. The summed E-state index contributed by atoms with van der Waals surface area (Å²) in [6.45, 7) is 1.89. The van der Waals surface area contributed by atoms with Gasteiger partial charge < -0.3 is 5.32 Å². The number of nitrogens with one attached hydrogen (secondary N) is 1. The van der Waals surface area contributed by atoms with Gasteiger partial charge in [-0.05, 0) is 53.4 Å². The van der Waals surface area contributed by atoms with Crippen molar-refractivity contribution in [1.82, 2.24) is 5.32 Å². The van der Waals surface area contributed by atoms with E-state index in [1.807, 2.05) is 23.8 Å². The first kappa shape index (κ1) is 16.7. The van der Waals surface area contributed by atoms with Crippen LogP contribution >= 0.6 is 11.3 Å². The molecule has 1 amide bonds. The number of carbonyl (C=O) groups excluding carboxylic acids is 1. The van der Waals surface area contributed by atoms with Gasteiger partial charge in [0, 0.05) is 12.7 Å². The van der Waals surface area contributed by atoms with Gasteiger partial charge in [0.2, 0.25) is 5.91 Å². The molecular weight excluding hydrogens is 318 g/mol. The van der Waals surface area contributed by atoms with Crippen LogP contribution in [0.15, 0.2) is 46.0 Å². The van der Waals surface area contributed by atoms with Crippen molar-refractivity contribution in [3.05, 3.63) is 52.2 Å². The van der Waals surface area contributed by atoms with Crippen molar-refractivity contribution < 1.29 is 13.2 Å². The van der Waals surface area contributed by atoms with Gasteiger partial charge in [-0.3, -0.25) is 4.79 Å². The highest BCUT2D eigenvalue weighted by Gasteiger charge is 2.12. The van der Waals surface area contributed by atoms with E-state index < -0.39 is 9.84 Å². The Balaban J connectivity index is 1.91. The zero-order valence-electron chi connectivity index (χ0n) is 12.6. The Morgan fingerprint density at radius 3 is 2.45 bits per heavy atom. The molecular formula is C16H19NO3S2. The molecule has 1 N–H and O–H groups in total. The number of hydrogen-bond acceptors (Lipinski definition) is 4. The Morgan fingerprint density at radius 2 is 1.91 bits per heavy atom. The number of hydrogen-bond donors (Lipinski definition) is 1. The van der Waals surface area contributed by atoms with Crippen molar-refractivity contribution in [3.63, 3.8) is 0 Å². The molecule has 118 valence electrons. The summed E-state index contributed by atoms with van der Waals surface area (Å²) < 4.78 is 22.8. The lowest BCUT2D eigenvalue weighted by Crippen LogP contribution is -2.26. The molecule has 0 saturated heterocycles. The van der Waals surface area contributed by atoms with Crippen LogP contribution in [0.3, 0.4) is 0 Å². The smallest absolute Gasteiger partial charge is 0.220 e. The van der Waals surface area contributed by atoms with Crippen LogP contribution in [0, 0.1) is 0 Å². The van der Waals surface area contributed by atoms with Gasteiger partial charge in [0.25, 0.3) is 0 Å². The van der Waals surface area contributed by atoms with Crippen LogP contribution in [-0.2, 0) is 21.1 Å². The molecule has 0 aliphatic heterocycles. The maximum atomic E-state index is 11.9. The SMILES string of the molecule is CC(NC(=O)CCc1ccsc1)c1ccc(S(C)(=O)=O)cc1. The maximum absolute atomic E-state index is 11.9. The lowest BCUT2D eigenvalue weighted by molar-refractivity contribution is -0.121. The van der Waals surface area contributed by atoms with Crippen LogP contribution < -0.4 is 5.32 Å². The molecule has 1 aromatic heterocycles. The van der Waals surface area contributed by atoms with Gasteiger partial charge in [0.1, 0.15) is 0 Å². The second-order valence-electron chi connectivity index (χ2n) is 5.26. The maximum Gasteiger partial charge on any atom is 0.220 e. The Bertz CT molecular complexity index is 719. The summed E-state index contributed by atoms with van der Waals surface area (Å²) in [6, 6.07) is 8.48. The molecule has 2 rings (SSSR count). The topological polar surface area (TPSA) is 63.2 Å². The summed E-state index contributed by atoms with van der Waals surface area (Å²) in [4.78, 5) is 12.2.